The van der Waals surface area contributed by atoms with Crippen LogP contribution in [0.4, 0.5) is 5.69 Å². The molecule has 0 aliphatic heterocycles. The smallest absolute Gasteiger partial charge is 0.268 e. The average molecular weight is 261 g/mol. The van der Waals surface area contributed by atoms with Gasteiger partial charge in [-0.3, -0.25) is 4.79 Å². The lowest BCUT2D eigenvalue weighted by molar-refractivity contribution is 0.0931. The Morgan fingerprint density at radius 3 is 2.58 bits per heavy atom. The summed E-state index contributed by atoms with van der Waals surface area (Å²) in [6, 6.07) is 3.50. The molecule has 0 fully saturated rings. The Hall–Kier alpha value is -2.17. The van der Waals surface area contributed by atoms with Gasteiger partial charge in [-0.15, -0.1) is 0 Å². The van der Waals surface area contributed by atoms with Crippen molar-refractivity contribution in [3.05, 3.63) is 41.1 Å². The zero-order valence-corrected chi connectivity index (χ0v) is 11.7. The van der Waals surface area contributed by atoms with Gasteiger partial charge >= 0.3 is 0 Å². The lowest BCUT2D eigenvalue weighted by Crippen LogP contribution is -2.28. The molecule has 2 aromatic heterocycles. The first-order valence-corrected chi connectivity index (χ1v) is 6.18. The Kier molecular flexibility index (Phi) is 3.38. The number of nitrogen functional groups attached to an aromatic ring is 1. The number of aromatic nitrogens is 1. The molecule has 5 nitrogen and oxygen atoms in total. The molecule has 5 heteroatoms. The number of rotatable bonds is 3. The number of hydrogen-bond acceptors (Lipinski definition) is 3. The number of amides is 1. The molecule has 0 aromatic carbocycles. The molecule has 0 spiro atoms. The molecule has 2 aromatic rings. The minimum absolute atomic E-state index is 0.110. The second-order valence-electron chi connectivity index (χ2n) is 4.83. The molecule has 1 unspecified atom stereocenters. The molecule has 0 saturated carbocycles. The number of hydrogen-bond donors (Lipinski definition) is 2. The van der Waals surface area contributed by atoms with E-state index in [4.69, 9.17) is 10.2 Å². The van der Waals surface area contributed by atoms with Crippen LogP contribution in [0.3, 0.4) is 0 Å². The molecule has 0 bridgehead atoms. The van der Waals surface area contributed by atoms with Gasteiger partial charge in [0.15, 0.2) is 0 Å². The molecule has 0 aliphatic rings. The standard InChI is InChI=1S/C14H19N3O2/c1-8-5-12(10(3)19-8)9(2)16-14(18)13-6-11(15)7-17(13)4/h5-7,9H,15H2,1-4H3,(H,16,18). The maximum atomic E-state index is 12.2. The van der Waals surface area contributed by atoms with E-state index < -0.39 is 0 Å². The molecule has 3 N–H and O–H groups in total. The van der Waals surface area contributed by atoms with Crippen molar-refractivity contribution in [1.82, 2.24) is 9.88 Å². The van der Waals surface area contributed by atoms with Crippen molar-refractivity contribution in [2.24, 2.45) is 7.05 Å². The van der Waals surface area contributed by atoms with Crippen molar-refractivity contribution in [3.8, 4) is 0 Å². The van der Waals surface area contributed by atoms with E-state index in [2.05, 4.69) is 5.32 Å². The Morgan fingerprint density at radius 1 is 1.42 bits per heavy atom. The van der Waals surface area contributed by atoms with Crippen molar-refractivity contribution in [3.63, 3.8) is 0 Å². The summed E-state index contributed by atoms with van der Waals surface area (Å²) in [5.74, 6) is 1.53. The number of nitrogens with zero attached hydrogens (tertiary/aromatic N) is 1. The summed E-state index contributed by atoms with van der Waals surface area (Å²) in [5.41, 5.74) is 7.79. The molecule has 19 heavy (non-hydrogen) atoms. The van der Waals surface area contributed by atoms with Crippen molar-refractivity contribution < 1.29 is 9.21 Å². The van der Waals surface area contributed by atoms with E-state index in [0.717, 1.165) is 17.1 Å². The topological polar surface area (TPSA) is 73.2 Å². The van der Waals surface area contributed by atoms with Gasteiger partial charge in [-0.25, -0.2) is 0 Å². The molecule has 1 amide bonds. The second kappa shape index (κ2) is 4.84. The maximum absolute atomic E-state index is 12.2. The largest absolute Gasteiger partial charge is 0.466 e. The first-order chi connectivity index (χ1) is 8.88. The summed E-state index contributed by atoms with van der Waals surface area (Å²) >= 11 is 0. The molecule has 102 valence electrons. The van der Waals surface area contributed by atoms with Crippen LogP contribution in [0, 0.1) is 13.8 Å². The fourth-order valence-electron chi connectivity index (χ4n) is 2.24. The average Bonchev–Trinajstić information content (AvgIpc) is 2.81. The van der Waals surface area contributed by atoms with Crippen LogP contribution in [0.15, 0.2) is 22.7 Å². The third-order valence-corrected chi connectivity index (χ3v) is 3.15. The number of anilines is 1. The van der Waals surface area contributed by atoms with Crippen LogP contribution in [0.1, 0.15) is 40.5 Å². The highest BCUT2D eigenvalue weighted by atomic mass is 16.3. The quantitative estimate of drug-likeness (QED) is 0.890. The lowest BCUT2D eigenvalue weighted by Gasteiger charge is -2.13. The van der Waals surface area contributed by atoms with Crippen LogP contribution in [-0.2, 0) is 7.05 Å². The molecule has 0 radical (unpaired) electrons. The highest BCUT2D eigenvalue weighted by Crippen LogP contribution is 2.21. The number of carbonyl (C=O) groups is 1. The third-order valence-electron chi connectivity index (χ3n) is 3.15. The third kappa shape index (κ3) is 2.65. The Balaban J connectivity index is 2.15. The van der Waals surface area contributed by atoms with E-state index in [9.17, 15) is 4.79 Å². The first-order valence-electron chi connectivity index (χ1n) is 6.18. The zero-order chi connectivity index (χ0) is 14.2. The van der Waals surface area contributed by atoms with Crippen LogP contribution in [0.5, 0.6) is 0 Å². The predicted octanol–water partition coefficient (Wildman–Crippen LogP) is 2.31. The number of carbonyl (C=O) groups excluding carboxylic acids is 1. The van der Waals surface area contributed by atoms with Gasteiger partial charge in [-0.05, 0) is 32.9 Å². The SMILES string of the molecule is Cc1cc(C(C)NC(=O)c2cc(N)cn2C)c(C)o1. The van der Waals surface area contributed by atoms with Gasteiger partial charge in [-0.1, -0.05) is 0 Å². The van der Waals surface area contributed by atoms with Crippen molar-refractivity contribution in [2.45, 2.75) is 26.8 Å². The van der Waals surface area contributed by atoms with E-state index in [-0.39, 0.29) is 11.9 Å². The Bertz CT molecular complexity index is 610. The normalized spacial score (nSPS) is 12.4. The summed E-state index contributed by atoms with van der Waals surface area (Å²) in [4.78, 5) is 12.2. The maximum Gasteiger partial charge on any atom is 0.268 e. The van der Waals surface area contributed by atoms with Crippen molar-refractivity contribution in [2.75, 3.05) is 5.73 Å². The molecule has 2 rings (SSSR count). The first kappa shape index (κ1) is 13.3. The van der Waals surface area contributed by atoms with Gasteiger partial charge in [-0.2, -0.15) is 0 Å². The fourth-order valence-corrected chi connectivity index (χ4v) is 2.24. The summed E-state index contributed by atoms with van der Waals surface area (Å²) in [5, 5.41) is 2.95. The van der Waals surface area contributed by atoms with E-state index in [1.165, 1.54) is 0 Å². The Labute approximate surface area is 112 Å². The van der Waals surface area contributed by atoms with Gasteiger partial charge in [0.1, 0.15) is 17.2 Å². The molecule has 2 heterocycles. The number of furan rings is 1. The second-order valence-corrected chi connectivity index (χ2v) is 4.83. The van der Waals surface area contributed by atoms with Gasteiger partial charge in [0.25, 0.3) is 5.91 Å². The van der Waals surface area contributed by atoms with Gasteiger partial charge < -0.3 is 20.0 Å². The minimum atomic E-state index is -0.148. The number of aryl methyl sites for hydroxylation is 3. The summed E-state index contributed by atoms with van der Waals surface area (Å²) in [7, 11) is 1.79. The van der Waals surface area contributed by atoms with Crippen molar-refractivity contribution >= 4 is 11.6 Å². The zero-order valence-electron chi connectivity index (χ0n) is 11.7. The number of nitrogens with two attached hydrogens (primary N) is 1. The molecule has 0 saturated heterocycles. The summed E-state index contributed by atoms with van der Waals surface area (Å²) in [6.07, 6.45) is 1.72. The van der Waals surface area contributed by atoms with E-state index in [1.54, 1.807) is 23.9 Å². The minimum Gasteiger partial charge on any atom is -0.466 e. The van der Waals surface area contributed by atoms with Crippen LogP contribution in [0.25, 0.3) is 0 Å². The molecule has 0 aliphatic carbocycles. The monoisotopic (exact) mass is 261 g/mol. The Morgan fingerprint density at radius 2 is 2.11 bits per heavy atom. The van der Waals surface area contributed by atoms with Gasteiger partial charge in [0, 0.05) is 18.8 Å². The molecule has 1 atom stereocenters. The van der Waals surface area contributed by atoms with Crippen LogP contribution in [0.2, 0.25) is 0 Å². The lowest BCUT2D eigenvalue weighted by atomic mass is 10.1. The highest BCUT2D eigenvalue weighted by Gasteiger charge is 2.17. The van der Waals surface area contributed by atoms with E-state index in [0.29, 0.717) is 11.4 Å². The van der Waals surface area contributed by atoms with Gasteiger partial charge in [0.2, 0.25) is 0 Å². The van der Waals surface area contributed by atoms with E-state index in [1.807, 2.05) is 26.8 Å². The number of nitrogens with one attached hydrogen (secondary N) is 1. The fraction of sp³-hybridized carbons (Fsp3) is 0.357. The highest BCUT2D eigenvalue weighted by molar-refractivity contribution is 5.94. The summed E-state index contributed by atoms with van der Waals surface area (Å²) < 4.78 is 7.19. The van der Waals surface area contributed by atoms with Crippen LogP contribution in [-0.4, -0.2) is 10.5 Å². The van der Waals surface area contributed by atoms with Crippen LogP contribution < -0.4 is 11.1 Å². The van der Waals surface area contributed by atoms with Crippen LogP contribution >= 0.6 is 0 Å². The molecular weight excluding hydrogens is 242 g/mol. The summed E-state index contributed by atoms with van der Waals surface area (Å²) in [6.45, 7) is 5.72. The molecular formula is C14H19N3O2. The van der Waals surface area contributed by atoms with Crippen molar-refractivity contribution in [1.29, 1.82) is 0 Å². The van der Waals surface area contributed by atoms with Gasteiger partial charge in [0.05, 0.1) is 11.7 Å². The predicted molar refractivity (Wildman–Crippen MR) is 73.9 cm³/mol. The van der Waals surface area contributed by atoms with E-state index >= 15 is 0 Å².